The highest BCUT2D eigenvalue weighted by atomic mass is 35.5. The van der Waals surface area contributed by atoms with Crippen LogP contribution in [0.25, 0.3) is 22.2 Å². The van der Waals surface area contributed by atoms with Crippen molar-refractivity contribution in [1.29, 1.82) is 0 Å². The third-order valence-electron chi connectivity index (χ3n) is 5.32. The number of anilines is 2. The predicted molar refractivity (Wildman–Crippen MR) is 121 cm³/mol. The van der Waals surface area contributed by atoms with Gasteiger partial charge < -0.3 is 15.4 Å². The predicted octanol–water partition coefficient (Wildman–Crippen LogP) is 5.11. The molecule has 4 aromatic rings. The molecule has 33 heavy (non-hydrogen) atoms. The Morgan fingerprint density at radius 3 is 2.82 bits per heavy atom. The molecule has 0 saturated heterocycles. The number of rotatable bonds is 3. The number of aryl methyl sites for hydroxylation is 1. The molecule has 0 aliphatic carbocycles. The van der Waals surface area contributed by atoms with Crippen molar-refractivity contribution >= 4 is 45.7 Å². The summed E-state index contributed by atoms with van der Waals surface area (Å²) < 4.78 is 51.9. The maximum Gasteiger partial charge on any atom is 0.418 e. The normalized spacial score (nSPS) is 13.8. The first-order valence-corrected chi connectivity index (χ1v) is 11.0. The number of pyridine rings is 1. The number of aromatic nitrogens is 4. The van der Waals surface area contributed by atoms with Gasteiger partial charge in [-0.1, -0.05) is 11.6 Å². The highest BCUT2D eigenvalue weighted by molar-refractivity contribution is 7.05. The van der Waals surface area contributed by atoms with E-state index < -0.39 is 11.7 Å². The molecular formula is C21H16ClF3N6OS. The van der Waals surface area contributed by atoms with Gasteiger partial charge in [-0.15, -0.1) is 0 Å². The average molecular weight is 493 g/mol. The molecule has 7 nitrogen and oxygen atoms in total. The molecule has 1 aromatic carbocycles. The van der Waals surface area contributed by atoms with Gasteiger partial charge in [0.05, 0.1) is 40.3 Å². The van der Waals surface area contributed by atoms with Gasteiger partial charge in [0, 0.05) is 16.6 Å². The van der Waals surface area contributed by atoms with Gasteiger partial charge in [-0.2, -0.15) is 13.2 Å². The molecule has 0 atom stereocenters. The Morgan fingerprint density at radius 2 is 2.09 bits per heavy atom. The summed E-state index contributed by atoms with van der Waals surface area (Å²) >= 11 is 8.04. The largest absolute Gasteiger partial charge is 0.489 e. The average Bonchev–Trinajstić information content (AvgIpc) is 3.18. The maximum atomic E-state index is 13.9. The molecule has 1 aliphatic heterocycles. The lowest BCUT2D eigenvalue weighted by molar-refractivity contribution is -0.137. The molecule has 2 N–H and O–H groups in total. The van der Waals surface area contributed by atoms with Crippen LogP contribution in [0.1, 0.15) is 16.0 Å². The fourth-order valence-electron chi connectivity index (χ4n) is 3.98. The summed E-state index contributed by atoms with van der Waals surface area (Å²) in [7, 11) is 0. The van der Waals surface area contributed by atoms with Gasteiger partial charge >= 0.3 is 6.18 Å². The fourth-order valence-corrected chi connectivity index (χ4v) is 4.86. The van der Waals surface area contributed by atoms with Crippen LogP contribution in [-0.2, 0) is 12.7 Å². The number of nitrogens with two attached hydrogens (primary N) is 1. The molecule has 0 unspecified atom stereocenters. The van der Waals surface area contributed by atoms with Crippen LogP contribution in [0.5, 0.6) is 5.75 Å². The van der Waals surface area contributed by atoms with Crippen LogP contribution < -0.4 is 15.4 Å². The fraction of sp³-hybridized carbons (Fsp3) is 0.238. The molecule has 0 saturated carbocycles. The number of ether oxygens (including phenoxy) is 1. The summed E-state index contributed by atoms with van der Waals surface area (Å²) in [4.78, 5) is 15.8. The Hall–Kier alpha value is -3.18. The van der Waals surface area contributed by atoms with Crippen molar-refractivity contribution in [3.63, 3.8) is 0 Å². The third kappa shape index (κ3) is 3.80. The molecule has 1 aliphatic rings. The number of hydrogen-bond acceptors (Lipinski definition) is 8. The van der Waals surface area contributed by atoms with Gasteiger partial charge in [-0.05, 0) is 42.2 Å². The Bertz CT molecular complexity index is 1360. The van der Waals surface area contributed by atoms with Gasteiger partial charge in [0.15, 0.2) is 5.75 Å². The van der Waals surface area contributed by atoms with Crippen molar-refractivity contribution in [2.75, 3.05) is 23.8 Å². The molecule has 0 radical (unpaired) electrons. The molecule has 3 aromatic heterocycles. The van der Waals surface area contributed by atoms with E-state index in [0.29, 0.717) is 29.8 Å². The number of nitrogen functional groups attached to an aromatic ring is 1. The monoisotopic (exact) mass is 492 g/mol. The minimum absolute atomic E-state index is 0.00110. The molecule has 0 amide bonds. The molecule has 0 bridgehead atoms. The molecule has 4 heterocycles. The molecular weight excluding hydrogens is 477 g/mol. The maximum absolute atomic E-state index is 13.9. The zero-order chi connectivity index (χ0) is 23.3. The first-order chi connectivity index (χ1) is 15.7. The van der Waals surface area contributed by atoms with E-state index in [4.69, 9.17) is 22.1 Å². The van der Waals surface area contributed by atoms with Crippen molar-refractivity contribution in [3.05, 3.63) is 51.7 Å². The number of hydrogen-bond donors (Lipinski definition) is 1. The Morgan fingerprint density at radius 1 is 1.27 bits per heavy atom. The number of benzene rings is 1. The second kappa shape index (κ2) is 7.99. The Labute approximate surface area is 195 Å². The topological polar surface area (TPSA) is 90.0 Å². The molecule has 12 heteroatoms. The van der Waals surface area contributed by atoms with E-state index in [0.717, 1.165) is 4.88 Å². The van der Waals surface area contributed by atoms with Crippen molar-refractivity contribution in [3.8, 4) is 17.0 Å². The van der Waals surface area contributed by atoms with Crippen LogP contribution in [-0.4, -0.2) is 32.5 Å². The van der Waals surface area contributed by atoms with E-state index in [-0.39, 0.29) is 40.0 Å². The van der Waals surface area contributed by atoms with E-state index in [1.807, 2.05) is 11.0 Å². The van der Waals surface area contributed by atoms with E-state index in [2.05, 4.69) is 19.3 Å². The van der Waals surface area contributed by atoms with Gasteiger partial charge in [0.25, 0.3) is 0 Å². The molecule has 170 valence electrons. The van der Waals surface area contributed by atoms with E-state index >= 15 is 0 Å². The van der Waals surface area contributed by atoms with Crippen molar-refractivity contribution in [2.45, 2.75) is 19.6 Å². The van der Waals surface area contributed by atoms with Crippen LogP contribution in [0.4, 0.5) is 24.8 Å². The van der Waals surface area contributed by atoms with Gasteiger partial charge in [0.1, 0.15) is 24.6 Å². The Kier molecular flexibility index (Phi) is 5.25. The standard InChI is InChI=1S/C21H16ClF3N6OS/c1-10-6-14(26)30-18(16(10)21(23,24)25)12-7-13-15-19(17(12)22)32-5-4-31(20(15)28-9-27-13)8-11-2-3-29-33-11/h2-3,6-7,9H,4-5,8H2,1H3,(H2,26,30). The zero-order valence-electron chi connectivity index (χ0n) is 17.1. The van der Waals surface area contributed by atoms with Crippen LogP contribution in [0.15, 0.2) is 30.7 Å². The summed E-state index contributed by atoms with van der Waals surface area (Å²) in [5.41, 5.74) is 4.91. The number of alkyl halides is 3. The number of halogens is 4. The summed E-state index contributed by atoms with van der Waals surface area (Å²) in [6, 6.07) is 4.57. The highest BCUT2D eigenvalue weighted by Gasteiger charge is 2.38. The van der Waals surface area contributed by atoms with E-state index in [9.17, 15) is 13.2 Å². The minimum Gasteiger partial charge on any atom is -0.489 e. The summed E-state index contributed by atoms with van der Waals surface area (Å²) in [6.07, 6.45) is -1.57. The van der Waals surface area contributed by atoms with Gasteiger partial charge in [0.2, 0.25) is 0 Å². The summed E-state index contributed by atoms with van der Waals surface area (Å²) in [6.45, 7) is 2.63. The zero-order valence-corrected chi connectivity index (χ0v) is 18.7. The van der Waals surface area contributed by atoms with Crippen LogP contribution in [0.2, 0.25) is 5.02 Å². The van der Waals surface area contributed by atoms with Crippen LogP contribution in [0.3, 0.4) is 0 Å². The first-order valence-electron chi connectivity index (χ1n) is 9.83. The molecule has 5 rings (SSSR count). The lowest BCUT2D eigenvalue weighted by Gasteiger charge is -2.21. The lowest BCUT2D eigenvalue weighted by Crippen LogP contribution is -2.26. The van der Waals surface area contributed by atoms with Gasteiger partial charge in [-0.25, -0.2) is 19.3 Å². The first kappa shape index (κ1) is 21.7. The van der Waals surface area contributed by atoms with Crippen molar-refractivity contribution < 1.29 is 17.9 Å². The van der Waals surface area contributed by atoms with Gasteiger partial charge in [-0.3, -0.25) is 0 Å². The Balaban J connectivity index is 1.75. The second-order valence-electron chi connectivity index (χ2n) is 7.49. The smallest absolute Gasteiger partial charge is 0.418 e. The van der Waals surface area contributed by atoms with Crippen LogP contribution in [0, 0.1) is 6.92 Å². The summed E-state index contributed by atoms with van der Waals surface area (Å²) in [5.74, 6) is 0.765. The van der Waals surface area contributed by atoms with Crippen LogP contribution >= 0.6 is 23.1 Å². The lowest BCUT2D eigenvalue weighted by atomic mass is 9.99. The quantitative estimate of drug-likeness (QED) is 0.425. The van der Waals surface area contributed by atoms with Crippen molar-refractivity contribution in [2.24, 2.45) is 0 Å². The minimum atomic E-state index is -4.66. The SMILES string of the molecule is Cc1cc(N)nc(-c2cc3ncnc4c3c(c2Cl)OCCN4Cc2ccns2)c1C(F)(F)F. The number of nitrogens with zero attached hydrogens (tertiary/aromatic N) is 5. The molecule has 0 fully saturated rings. The highest BCUT2D eigenvalue weighted by Crippen LogP contribution is 2.48. The van der Waals surface area contributed by atoms with E-state index in [1.165, 1.54) is 36.9 Å². The van der Waals surface area contributed by atoms with E-state index in [1.54, 1.807) is 6.20 Å². The third-order valence-corrected chi connectivity index (χ3v) is 6.42. The second-order valence-corrected chi connectivity index (χ2v) is 8.79. The summed E-state index contributed by atoms with van der Waals surface area (Å²) in [5, 5.41) is 0.531. The molecule has 0 spiro atoms. The van der Waals surface area contributed by atoms with Crippen molar-refractivity contribution in [1.82, 2.24) is 19.3 Å².